The van der Waals surface area contributed by atoms with Gasteiger partial charge in [0, 0.05) is 6.54 Å². The first kappa shape index (κ1) is 9.40. The van der Waals surface area contributed by atoms with Gasteiger partial charge in [0.05, 0.1) is 16.8 Å². The zero-order chi connectivity index (χ0) is 10.5. The first-order valence-corrected chi connectivity index (χ1v) is 4.74. The summed E-state index contributed by atoms with van der Waals surface area (Å²) in [6.07, 6.45) is 0. The van der Waals surface area contributed by atoms with E-state index in [0.717, 1.165) is 11.3 Å². The van der Waals surface area contributed by atoms with Crippen molar-refractivity contribution in [2.24, 2.45) is 0 Å². The van der Waals surface area contributed by atoms with Gasteiger partial charge in [0.25, 0.3) is 5.56 Å². The Morgan fingerprint density at radius 2 is 2.14 bits per heavy atom. The normalized spacial score (nSPS) is 19.7. The maximum Gasteiger partial charge on any atom is 0.255 e. The second kappa shape index (κ2) is 2.67. The number of fused-ring (bicyclic) bond motifs is 1. The average molecular weight is 193 g/mol. The summed E-state index contributed by atoms with van der Waals surface area (Å²) >= 11 is 0. The number of nitrogens with zero attached hydrogens (tertiary/aromatic N) is 2. The van der Waals surface area contributed by atoms with E-state index in [4.69, 9.17) is 0 Å². The molecule has 4 nitrogen and oxygen atoms in total. The number of rotatable bonds is 0. The summed E-state index contributed by atoms with van der Waals surface area (Å²) in [4.78, 5) is 20.9. The molecule has 0 fully saturated rings. The van der Waals surface area contributed by atoms with Crippen molar-refractivity contribution in [3.8, 4) is 0 Å². The first-order chi connectivity index (χ1) is 6.43. The van der Waals surface area contributed by atoms with Crippen LogP contribution in [0.2, 0.25) is 0 Å². The number of aromatic nitrogens is 2. The molecule has 1 aromatic rings. The Morgan fingerprint density at radius 1 is 1.50 bits per heavy atom. The van der Waals surface area contributed by atoms with Crippen LogP contribution in [0.3, 0.4) is 0 Å². The molecule has 0 atom stereocenters. The molecule has 0 saturated carbocycles. The van der Waals surface area contributed by atoms with Gasteiger partial charge in [-0.05, 0) is 27.8 Å². The van der Waals surface area contributed by atoms with Gasteiger partial charge in [0.15, 0.2) is 0 Å². The van der Waals surface area contributed by atoms with Crippen molar-refractivity contribution in [3.05, 3.63) is 27.4 Å². The molecule has 0 aliphatic carbocycles. The van der Waals surface area contributed by atoms with Gasteiger partial charge in [-0.3, -0.25) is 9.69 Å². The maximum absolute atomic E-state index is 11.6. The van der Waals surface area contributed by atoms with Crippen molar-refractivity contribution < 1.29 is 0 Å². The summed E-state index contributed by atoms with van der Waals surface area (Å²) < 4.78 is 0. The molecule has 0 spiro atoms. The van der Waals surface area contributed by atoms with Gasteiger partial charge in [-0.1, -0.05) is 0 Å². The van der Waals surface area contributed by atoms with Crippen LogP contribution in [-0.4, -0.2) is 21.9 Å². The van der Waals surface area contributed by atoms with Crippen LogP contribution >= 0.6 is 0 Å². The summed E-state index contributed by atoms with van der Waals surface area (Å²) in [5, 5.41) is 0. The Bertz CT molecular complexity index is 433. The molecule has 0 amide bonds. The summed E-state index contributed by atoms with van der Waals surface area (Å²) in [5.74, 6) is 0.692. The minimum absolute atomic E-state index is 0.00456. The van der Waals surface area contributed by atoms with Gasteiger partial charge in [-0.15, -0.1) is 0 Å². The molecule has 1 N–H and O–H groups in total. The summed E-state index contributed by atoms with van der Waals surface area (Å²) in [6, 6.07) is 0. The fourth-order valence-corrected chi connectivity index (χ4v) is 1.88. The number of hydrogen-bond acceptors (Lipinski definition) is 3. The monoisotopic (exact) mass is 193 g/mol. The molecule has 14 heavy (non-hydrogen) atoms. The van der Waals surface area contributed by atoms with Crippen LogP contribution in [0.1, 0.15) is 30.9 Å². The van der Waals surface area contributed by atoms with Gasteiger partial charge in [-0.2, -0.15) is 0 Å². The van der Waals surface area contributed by atoms with E-state index in [9.17, 15) is 4.79 Å². The average Bonchev–Trinajstić information content (AvgIpc) is 2.28. The number of aromatic amines is 1. The van der Waals surface area contributed by atoms with Crippen LogP contribution in [0.25, 0.3) is 0 Å². The van der Waals surface area contributed by atoms with Crippen molar-refractivity contribution in [2.45, 2.75) is 32.9 Å². The SMILES string of the molecule is Cc1nc2c(c(=O)[nH]1)CN(C)C2(C)C. The van der Waals surface area contributed by atoms with Crippen LogP contribution < -0.4 is 5.56 Å². The molecule has 0 saturated heterocycles. The predicted molar refractivity (Wildman–Crippen MR) is 54.1 cm³/mol. The molecule has 1 aliphatic rings. The zero-order valence-corrected chi connectivity index (χ0v) is 9.01. The first-order valence-electron chi connectivity index (χ1n) is 4.74. The number of aryl methyl sites for hydroxylation is 1. The van der Waals surface area contributed by atoms with Gasteiger partial charge in [-0.25, -0.2) is 4.98 Å². The highest BCUT2D eigenvalue weighted by molar-refractivity contribution is 5.29. The van der Waals surface area contributed by atoms with Crippen molar-refractivity contribution in [1.29, 1.82) is 0 Å². The molecular formula is C10H15N3O. The van der Waals surface area contributed by atoms with Crippen LogP contribution in [0, 0.1) is 6.92 Å². The predicted octanol–water partition coefficient (Wildman–Crippen LogP) is 0.759. The summed E-state index contributed by atoms with van der Waals surface area (Å²) in [5.41, 5.74) is 1.60. The highest BCUT2D eigenvalue weighted by Crippen LogP contribution is 2.33. The van der Waals surface area contributed by atoms with E-state index in [2.05, 4.69) is 28.7 Å². The Kier molecular flexibility index (Phi) is 1.79. The summed E-state index contributed by atoms with van der Waals surface area (Å²) in [6.45, 7) is 6.68. The van der Waals surface area contributed by atoms with E-state index >= 15 is 0 Å². The fraction of sp³-hybridized carbons (Fsp3) is 0.600. The second-order valence-electron chi connectivity index (χ2n) is 4.39. The Balaban J connectivity index is 2.71. The lowest BCUT2D eigenvalue weighted by Gasteiger charge is -2.27. The molecule has 0 radical (unpaired) electrons. The van der Waals surface area contributed by atoms with Gasteiger partial charge >= 0.3 is 0 Å². The minimum atomic E-state index is -0.131. The molecule has 0 bridgehead atoms. The Morgan fingerprint density at radius 3 is 2.79 bits per heavy atom. The molecule has 76 valence electrons. The topological polar surface area (TPSA) is 49.0 Å². The number of hydrogen-bond donors (Lipinski definition) is 1. The third-order valence-electron chi connectivity index (χ3n) is 3.06. The third-order valence-corrected chi connectivity index (χ3v) is 3.06. The van der Waals surface area contributed by atoms with Crippen molar-refractivity contribution in [2.75, 3.05) is 7.05 Å². The summed E-state index contributed by atoms with van der Waals surface area (Å²) in [7, 11) is 2.01. The van der Waals surface area contributed by atoms with Crippen LogP contribution in [-0.2, 0) is 12.1 Å². The lowest BCUT2D eigenvalue weighted by molar-refractivity contribution is 0.174. The fourth-order valence-electron chi connectivity index (χ4n) is 1.88. The van der Waals surface area contributed by atoms with Crippen molar-refractivity contribution >= 4 is 0 Å². The van der Waals surface area contributed by atoms with E-state index in [1.807, 2.05) is 14.0 Å². The van der Waals surface area contributed by atoms with E-state index in [-0.39, 0.29) is 11.1 Å². The van der Waals surface area contributed by atoms with Crippen molar-refractivity contribution in [3.63, 3.8) is 0 Å². The van der Waals surface area contributed by atoms with E-state index < -0.39 is 0 Å². The molecule has 1 aromatic heterocycles. The minimum Gasteiger partial charge on any atom is -0.310 e. The third kappa shape index (κ3) is 1.10. The molecule has 2 heterocycles. The molecule has 0 unspecified atom stereocenters. The standard InChI is InChI=1S/C10H15N3O/c1-6-11-8-7(9(14)12-6)5-13(4)10(8,2)3/h5H2,1-4H3,(H,11,12,14). The van der Waals surface area contributed by atoms with Crippen LogP contribution in [0.5, 0.6) is 0 Å². The highest BCUT2D eigenvalue weighted by atomic mass is 16.1. The van der Waals surface area contributed by atoms with E-state index in [0.29, 0.717) is 12.4 Å². The molecule has 1 aliphatic heterocycles. The largest absolute Gasteiger partial charge is 0.310 e. The van der Waals surface area contributed by atoms with Gasteiger partial charge in [0.2, 0.25) is 0 Å². The molecular weight excluding hydrogens is 178 g/mol. The van der Waals surface area contributed by atoms with Gasteiger partial charge < -0.3 is 4.98 Å². The molecule has 0 aromatic carbocycles. The Labute approximate surface area is 83.0 Å². The van der Waals surface area contributed by atoms with Crippen LogP contribution in [0.15, 0.2) is 4.79 Å². The van der Waals surface area contributed by atoms with E-state index in [1.54, 1.807) is 0 Å². The molecule has 2 rings (SSSR count). The molecule has 4 heteroatoms. The van der Waals surface area contributed by atoms with Gasteiger partial charge in [0.1, 0.15) is 5.82 Å². The lowest BCUT2D eigenvalue weighted by Crippen LogP contribution is -2.32. The van der Waals surface area contributed by atoms with E-state index in [1.165, 1.54) is 0 Å². The maximum atomic E-state index is 11.6. The lowest BCUT2D eigenvalue weighted by atomic mass is 10.0. The Hall–Kier alpha value is -1.16. The van der Waals surface area contributed by atoms with Crippen molar-refractivity contribution in [1.82, 2.24) is 14.9 Å². The number of nitrogens with one attached hydrogen (secondary N) is 1. The second-order valence-corrected chi connectivity index (χ2v) is 4.39. The highest BCUT2D eigenvalue weighted by Gasteiger charge is 2.37. The zero-order valence-electron chi connectivity index (χ0n) is 9.01. The smallest absolute Gasteiger partial charge is 0.255 e. The van der Waals surface area contributed by atoms with Crippen LogP contribution in [0.4, 0.5) is 0 Å². The number of H-pyrrole nitrogens is 1. The quantitative estimate of drug-likeness (QED) is 0.661.